The molecule has 4 rings (SSSR count). The maximum Gasteiger partial charge on any atom is 0.161 e. The van der Waals surface area contributed by atoms with Crippen molar-refractivity contribution in [3.8, 4) is 0 Å². The molecule has 0 aromatic heterocycles. The van der Waals surface area contributed by atoms with Gasteiger partial charge in [-0.2, -0.15) is 0 Å². The average Bonchev–Trinajstić information content (AvgIpc) is 2.60. The molecule has 4 fully saturated rings. The lowest BCUT2D eigenvalue weighted by molar-refractivity contribution is -0.161. The Labute approximate surface area is 152 Å². The number of carbonyl (C=O) groups excluding carboxylic acids is 1. The minimum absolute atomic E-state index is 0.0790. The van der Waals surface area contributed by atoms with Crippen LogP contribution in [0.5, 0.6) is 0 Å². The molecular formula is C22H36O3. The Bertz CT molecular complexity index is 531. The maximum atomic E-state index is 12.4. The third-order valence-corrected chi connectivity index (χ3v) is 9.42. The molecular weight excluding hydrogens is 312 g/mol. The molecule has 142 valence electrons. The van der Waals surface area contributed by atoms with Gasteiger partial charge in [-0.15, -0.1) is 0 Å². The van der Waals surface area contributed by atoms with Gasteiger partial charge in [0.15, 0.2) is 5.78 Å². The molecule has 25 heavy (non-hydrogen) atoms. The number of Topliss-reactive ketones (excluding diaryl/α,β-unsaturated/α-hetero) is 1. The zero-order valence-corrected chi connectivity index (χ0v) is 16.0. The smallest absolute Gasteiger partial charge is 0.161 e. The Morgan fingerprint density at radius 1 is 0.960 bits per heavy atom. The van der Waals surface area contributed by atoms with E-state index in [4.69, 9.17) is 0 Å². The van der Waals surface area contributed by atoms with Gasteiger partial charge in [0.1, 0.15) is 6.61 Å². The van der Waals surface area contributed by atoms with Crippen molar-refractivity contribution >= 4 is 5.78 Å². The Balaban J connectivity index is 1.61. The first-order valence-corrected chi connectivity index (χ1v) is 10.7. The lowest BCUT2D eigenvalue weighted by Crippen LogP contribution is -2.57. The summed E-state index contributed by atoms with van der Waals surface area (Å²) in [5, 5.41) is 19.6. The van der Waals surface area contributed by atoms with Gasteiger partial charge in [0.2, 0.25) is 0 Å². The van der Waals surface area contributed by atoms with E-state index in [1.807, 2.05) is 0 Å². The van der Waals surface area contributed by atoms with E-state index in [0.717, 1.165) is 43.9 Å². The van der Waals surface area contributed by atoms with Crippen LogP contribution in [0.2, 0.25) is 0 Å². The Hall–Kier alpha value is -0.410. The van der Waals surface area contributed by atoms with Crippen molar-refractivity contribution in [2.45, 2.75) is 84.2 Å². The first-order chi connectivity index (χ1) is 11.9. The first-order valence-electron chi connectivity index (χ1n) is 10.7. The van der Waals surface area contributed by atoms with Crippen molar-refractivity contribution in [2.24, 2.45) is 40.4 Å². The SMILES string of the molecule is C[C@]12CC[C@@H](O)C[C@@H]1CC[C@@H]1[C@@H]2CC[C@]2(C)[C@@H](C(=O)CO)CCC[C@@H]12. The molecule has 0 radical (unpaired) electrons. The predicted octanol–water partition coefficient (Wildman–Crippen LogP) is 3.96. The fraction of sp³-hybridized carbons (Fsp3) is 0.955. The monoisotopic (exact) mass is 348 g/mol. The van der Waals surface area contributed by atoms with Crippen molar-refractivity contribution in [1.82, 2.24) is 0 Å². The minimum atomic E-state index is -0.279. The van der Waals surface area contributed by atoms with Crippen molar-refractivity contribution in [1.29, 1.82) is 0 Å². The number of rotatable bonds is 2. The molecule has 0 aromatic rings. The molecule has 0 saturated heterocycles. The highest BCUT2D eigenvalue weighted by molar-refractivity contribution is 5.83. The van der Waals surface area contributed by atoms with Crippen molar-refractivity contribution in [2.75, 3.05) is 6.61 Å². The lowest BCUT2D eigenvalue weighted by Gasteiger charge is -2.63. The molecule has 8 atom stereocenters. The fourth-order valence-electron chi connectivity index (χ4n) is 8.07. The summed E-state index contributed by atoms with van der Waals surface area (Å²) in [6, 6.07) is 0. The van der Waals surface area contributed by atoms with E-state index in [-0.39, 0.29) is 29.8 Å². The molecule has 3 nitrogen and oxygen atoms in total. The van der Waals surface area contributed by atoms with E-state index in [1.165, 1.54) is 32.1 Å². The molecule has 0 aromatic carbocycles. The van der Waals surface area contributed by atoms with Gasteiger partial charge in [-0.3, -0.25) is 4.79 Å². The highest BCUT2D eigenvalue weighted by Gasteiger charge is 2.59. The van der Waals surface area contributed by atoms with E-state index in [1.54, 1.807) is 0 Å². The van der Waals surface area contributed by atoms with Crippen LogP contribution in [0.25, 0.3) is 0 Å². The zero-order chi connectivity index (χ0) is 17.8. The van der Waals surface area contributed by atoms with Crippen LogP contribution < -0.4 is 0 Å². The highest BCUT2D eigenvalue weighted by Crippen LogP contribution is 2.66. The maximum absolute atomic E-state index is 12.4. The van der Waals surface area contributed by atoms with Crippen LogP contribution in [0, 0.1) is 40.4 Å². The summed E-state index contributed by atoms with van der Waals surface area (Å²) in [6.45, 7) is 4.60. The summed E-state index contributed by atoms with van der Waals surface area (Å²) in [6.07, 6.45) is 11.4. The predicted molar refractivity (Wildman–Crippen MR) is 97.9 cm³/mol. The highest BCUT2D eigenvalue weighted by atomic mass is 16.3. The summed E-state index contributed by atoms with van der Waals surface area (Å²) in [5.41, 5.74) is 0.508. The van der Waals surface area contributed by atoms with Crippen LogP contribution in [-0.2, 0) is 4.79 Å². The van der Waals surface area contributed by atoms with Crippen LogP contribution in [0.4, 0.5) is 0 Å². The summed E-state index contributed by atoms with van der Waals surface area (Å²) in [7, 11) is 0. The minimum Gasteiger partial charge on any atom is -0.393 e. The molecule has 4 aliphatic rings. The molecule has 0 unspecified atom stereocenters. The number of fused-ring (bicyclic) bond motifs is 5. The van der Waals surface area contributed by atoms with Crippen molar-refractivity contribution in [3.05, 3.63) is 0 Å². The van der Waals surface area contributed by atoms with Crippen LogP contribution >= 0.6 is 0 Å². The van der Waals surface area contributed by atoms with Gasteiger partial charge in [-0.05, 0) is 92.3 Å². The van der Waals surface area contributed by atoms with E-state index < -0.39 is 0 Å². The molecule has 0 bridgehead atoms. The third-order valence-electron chi connectivity index (χ3n) is 9.42. The molecule has 3 heteroatoms. The van der Waals surface area contributed by atoms with Gasteiger partial charge in [0, 0.05) is 5.92 Å². The van der Waals surface area contributed by atoms with Crippen LogP contribution in [0.3, 0.4) is 0 Å². The van der Waals surface area contributed by atoms with Gasteiger partial charge in [-0.1, -0.05) is 20.3 Å². The number of hydrogen-bond acceptors (Lipinski definition) is 3. The quantitative estimate of drug-likeness (QED) is 0.794. The summed E-state index contributed by atoms with van der Waals surface area (Å²) in [4.78, 5) is 12.4. The molecule has 0 amide bonds. The molecule has 0 aliphatic heterocycles. The Morgan fingerprint density at radius 2 is 1.68 bits per heavy atom. The second kappa shape index (κ2) is 6.34. The average molecular weight is 349 g/mol. The topological polar surface area (TPSA) is 57.5 Å². The van der Waals surface area contributed by atoms with Gasteiger partial charge in [-0.25, -0.2) is 0 Å². The molecule has 4 saturated carbocycles. The van der Waals surface area contributed by atoms with E-state index >= 15 is 0 Å². The zero-order valence-electron chi connectivity index (χ0n) is 16.0. The normalized spacial score (nSPS) is 52.6. The van der Waals surface area contributed by atoms with E-state index in [9.17, 15) is 15.0 Å². The van der Waals surface area contributed by atoms with Crippen LogP contribution in [-0.4, -0.2) is 28.7 Å². The first kappa shape index (κ1) is 18.0. The van der Waals surface area contributed by atoms with Gasteiger partial charge >= 0.3 is 0 Å². The van der Waals surface area contributed by atoms with Crippen molar-refractivity contribution < 1.29 is 15.0 Å². The van der Waals surface area contributed by atoms with Crippen LogP contribution in [0.15, 0.2) is 0 Å². The largest absolute Gasteiger partial charge is 0.393 e. The van der Waals surface area contributed by atoms with Gasteiger partial charge in [0.25, 0.3) is 0 Å². The van der Waals surface area contributed by atoms with Crippen molar-refractivity contribution in [3.63, 3.8) is 0 Å². The number of aliphatic hydroxyl groups is 2. The summed E-state index contributed by atoms with van der Waals surface area (Å²) >= 11 is 0. The van der Waals surface area contributed by atoms with Gasteiger partial charge in [0.05, 0.1) is 6.10 Å². The Kier molecular flexibility index (Phi) is 4.56. The second-order valence-corrected chi connectivity index (χ2v) is 10.2. The summed E-state index contributed by atoms with van der Waals surface area (Å²) in [5.74, 6) is 3.05. The van der Waals surface area contributed by atoms with E-state index in [2.05, 4.69) is 13.8 Å². The molecule has 0 spiro atoms. The molecule has 4 aliphatic carbocycles. The number of hydrogen-bond donors (Lipinski definition) is 2. The van der Waals surface area contributed by atoms with E-state index in [0.29, 0.717) is 17.3 Å². The van der Waals surface area contributed by atoms with Crippen LogP contribution in [0.1, 0.15) is 78.1 Å². The lowest BCUT2D eigenvalue weighted by atomic mass is 9.41. The Morgan fingerprint density at radius 3 is 2.44 bits per heavy atom. The molecule has 2 N–H and O–H groups in total. The fourth-order valence-corrected chi connectivity index (χ4v) is 8.07. The molecule has 0 heterocycles. The van der Waals surface area contributed by atoms with Gasteiger partial charge < -0.3 is 10.2 Å². The number of ketones is 1. The number of carbonyl (C=O) groups is 1. The summed E-state index contributed by atoms with van der Waals surface area (Å²) < 4.78 is 0. The number of aliphatic hydroxyl groups excluding tert-OH is 2. The third kappa shape index (κ3) is 2.64. The second-order valence-electron chi connectivity index (χ2n) is 10.2. The standard InChI is InChI=1S/C22H36O3/c1-21-10-8-15(24)12-14(21)6-7-16-17-4-3-5-19(20(25)13-23)22(17,2)11-9-18(16)21/h14-19,23-24H,3-13H2,1-2H3/t14-,15+,16-,17-,18-,19+,21-,22-/m0/s1.